The molecule has 1 aliphatic heterocycles. The number of sulfonamides is 1. The Kier molecular flexibility index (Phi) is 2.35. The Morgan fingerprint density at radius 3 is 2.27 bits per heavy atom. The first kappa shape index (κ1) is 10.3. The lowest BCUT2D eigenvalue weighted by Crippen LogP contribution is -2.35. The summed E-state index contributed by atoms with van der Waals surface area (Å²) in [5.74, 6) is -1.29. The number of carbonyl (C=O) groups is 2. The fourth-order valence-corrected chi connectivity index (χ4v) is 3.80. The number of hydrogen-bond acceptors (Lipinski definition) is 5. The second kappa shape index (κ2) is 3.42. The van der Waals surface area contributed by atoms with E-state index in [2.05, 4.69) is 0 Å². The van der Waals surface area contributed by atoms with Gasteiger partial charge in [-0.3, -0.25) is 9.59 Å². The maximum Gasteiger partial charge on any atom is 0.282 e. The normalized spacial score (nSPS) is 17.5. The van der Waals surface area contributed by atoms with Gasteiger partial charge >= 0.3 is 0 Å². The van der Waals surface area contributed by atoms with Gasteiger partial charge in [0.1, 0.15) is 4.21 Å². The molecule has 0 atom stereocenters. The molecule has 0 bridgehead atoms. The summed E-state index contributed by atoms with van der Waals surface area (Å²) < 4.78 is 24.0. The van der Waals surface area contributed by atoms with Crippen LogP contribution in [0.25, 0.3) is 0 Å². The summed E-state index contributed by atoms with van der Waals surface area (Å²) in [4.78, 5) is 22.5. The van der Waals surface area contributed by atoms with Crippen LogP contribution in [-0.2, 0) is 19.6 Å². The van der Waals surface area contributed by atoms with Crippen LogP contribution in [0, 0.1) is 0 Å². The zero-order chi connectivity index (χ0) is 11.1. The molecule has 7 heteroatoms. The molecule has 0 aliphatic carbocycles. The average molecular weight is 245 g/mol. The van der Waals surface area contributed by atoms with Gasteiger partial charge in [-0.1, -0.05) is 6.07 Å². The van der Waals surface area contributed by atoms with Crippen LogP contribution in [-0.4, -0.2) is 24.5 Å². The summed E-state index contributed by atoms with van der Waals surface area (Å²) in [7, 11) is -3.94. The van der Waals surface area contributed by atoms with Gasteiger partial charge in [0.2, 0.25) is 11.8 Å². The first-order chi connectivity index (χ1) is 7.03. The lowest BCUT2D eigenvalue weighted by atomic mass is 10.4. The Morgan fingerprint density at radius 2 is 1.80 bits per heavy atom. The van der Waals surface area contributed by atoms with Gasteiger partial charge in [0.25, 0.3) is 10.0 Å². The van der Waals surface area contributed by atoms with E-state index in [1.54, 1.807) is 11.4 Å². The van der Waals surface area contributed by atoms with Gasteiger partial charge in [0.15, 0.2) is 0 Å². The second-order valence-corrected chi connectivity index (χ2v) is 5.95. The van der Waals surface area contributed by atoms with Gasteiger partial charge in [-0.05, 0) is 11.4 Å². The first-order valence-corrected chi connectivity index (χ1v) is 6.50. The topological polar surface area (TPSA) is 71.5 Å². The van der Waals surface area contributed by atoms with Crippen LogP contribution in [0.3, 0.4) is 0 Å². The van der Waals surface area contributed by atoms with E-state index in [0.717, 1.165) is 11.3 Å². The molecule has 1 fully saturated rings. The number of amides is 2. The third-order valence-corrected chi connectivity index (χ3v) is 5.11. The SMILES string of the molecule is O=C1CCC(=O)N1S(=O)(=O)c1cccs1. The summed E-state index contributed by atoms with van der Waals surface area (Å²) in [6, 6.07) is 2.93. The van der Waals surface area contributed by atoms with E-state index < -0.39 is 21.8 Å². The fourth-order valence-electron chi connectivity index (χ4n) is 1.32. The molecule has 2 amide bonds. The molecule has 15 heavy (non-hydrogen) atoms. The smallest absolute Gasteiger partial charge is 0.273 e. The molecule has 0 aromatic carbocycles. The van der Waals surface area contributed by atoms with Crippen LogP contribution in [0.1, 0.15) is 12.8 Å². The molecule has 1 aromatic rings. The van der Waals surface area contributed by atoms with Crippen LogP contribution >= 0.6 is 11.3 Å². The Hall–Kier alpha value is -1.21. The third-order valence-electron chi connectivity index (χ3n) is 2.00. The monoisotopic (exact) mass is 245 g/mol. The molecule has 0 N–H and O–H groups in total. The van der Waals surface area contributed by atoms with Crippen molar-refractivity contribution in [1.29, 1.82) is 0 Å². The van der Waals surface area contributed by atoms with Gasteiger partial charge in [-0.2, -0.15) is 12.7 Å². The van der Waals surface area contributed by atoms with E-state index in [4.69, 9.17) is 0 Å². The van der Waals surface area contributed by atoms with Crippen molar-refractivity contribution >= 4 is 33.2 Å². The molecular formula is C8H7NO4S2. The number of imide groups is 1. The second-order valence-electron chi connectivity index (χ2n) is 2.99. The Morgan fingerprint density at radius 1 is 1.20 bits per heavy atom. The maximum atomic E-state index is 11.8. The molecule has 0 spiro atoms. The molecule has 1 saturated heterocycles. The standard InChI is InChI=1S/C8H7NO4S2/c10-6-3-4-7(11)9(6)15(12,13)8-2-1-5-14-8/h1-2,5H,3-4H2. The molecule has 0 unspecified atom stereocenters. The highest BCUT2D eigenvalue weighted by atomic mass is 32.2. The van der Waals surface area contributed by atoms with Crippen LogP contribution in [0.15, 0.2) is 21.7 Å². The molecule has 0 saturated carbocycles. The van der Waals surface area contributed by atoms with Crippen molar-refractivity contribution in [2.24, 2.45) is 0 Å². The van der Waals surface area contributed by atoms with Crippen LogP contribution in [0.4, 0.5) is 0 Å². The lowest BCUT2D eigenvalue weighted by molar-refractivity contribution is -0.132. The van der Waals surface area contributed by atoms with Crippen molar-refractivity contribution in [2.75, 3.05) is 0 Å². The minimum absolute atomic E-state index is 0.0195. The summed E-state index contributed by atoms with van der Waals surface area (Å²) in [5.41, 5.74) is 0. The van der Waals surface area contributed by atoms with Crippen LogP contribution in [0.2, 0.25) is 0 Å². The molecule has 80 valence electrons. The molecule has 0 radical (unpaired) electrons. The molecular weight excluding hydrogens is 238 g/mol. The Bertz CT molecular complexity index is 487. The van der Waals surface area contributed by atoms with E-state index in [9.17, 15) is 18.0 Å². The number of hydrogen-bond donors (Lipinski definition) is 0. The zero-order valence-electron chi connectivity index (χ0n) is 7.54. The predicted molar refractivity (Wildman–Crippen MR) is 52.6 cm³/mol. The summed E-state index contributed by atoms with van der Waals surface area (Å²) >= 11 is 0.987. The average Bonchev–Trinajstić information content (AvgIpc) is 2.75. The van der Waals surface area contributed by atoms with E-state index in [-0.39, 0.29) is 17.1 Å². The predicted octanol–water partition coefficient (Wildman–Crippen LogP) is 0.586. The van der Waals surface area contributed by atoms with Crippen LogP contribution < -0.4 is 0 Å². The van der Waals surface area contributed by atoms with E-state index in [0.29, 0.717) is 4.31 Å². The minimum Gasteiger partial charge on any atom is -0.273 e. The highest BCUT2D eigenvalue weighted by Gasteiger charge is 2.40. The highest BCUT2D eigenvalue weighted by Crippen LogP contribution is 2.25. The van der Waals surface area contributed by atoms with Crippen molar-refractivity contribution in [2.45, 2.75) is 17.1 Å². The van der Waals surface area contributed by atoms with Gasteiger partial charge < -0.3 is 0 Å². The number of nitrogens with zero attached hydrogens (tertiary/aromatic N) is 1. The van der Waals surface area contributed by atoms with Gasteiger partial charge in [0.05, 0.1) is 0 Å². The number of carbonyl (C=O) groups excluding carboxylic acids is 2. The van der Waals surface area contributed by atoms with E-state index in [1.807, 2.05) is 0 Å². The van der Waals surface area contributed by atoms with Crippen molar-refractivity contribution < 1.29 is 18.0 Å². The molecule has 1 aliphatic rings. The fraction of sp³-hybridized carbons (Fsp3) is 0.250. The van der Waals surface area contributed by atoms with Gasteiger partial charge in [-0.25, -0.2) is 0 Å². The summed E-state index contributed by atoms with van der Waals surface area (Å²) in [5, 5.41) is 1.58. The van der Waals surface area contributed by atoms with Crippen molar-refractivity contribution in [1.82, 2.24) is 4.31 Å². The van der Waals surface area contributed by atoms with Crippen molar-refractivity contribution in [3.05, 3.63) is 17.5 Å². The Labute approximate surface area is 90.4 Å². The zero-order valence-corrected chi connectivity index (χ0v) is 9.18. The molecule has 2 rings (SSSR count). The molecule has 2 heterocycles. The van der Waals surface area contributed by atoms with Gasteiger partial charge in [0, 0.05) is 12.8 Å². The number of rotatable bonds is 2. The molecule has 5 nitrogen and oxygen atoms in total. The van der Waals surface area contributed by atoms with Crippen molar-refractivity contribution in [3.8, 4) is 0 Å². The van der Waals surface area contributed by atoms with Crippen molar-refractivity contribution in [3.63, 3.8) is 0 Å². The quantitative estimate of drug-likeness (QED) is 0.715. The van der Waals surface area contributed by atoms with Gasteiger partial charge in [-0.15, -0.1) is 11.3 Å². The summed E-state index contributed by atoms with van der Waals surface area (Å²) in [6.07, 6.45) is -0.0487. The largest absolute Gasteiger partial charge is 0.282 e. The first-order valence-electron chi connectivity index (χ1n) is 4.18. The third kappa shape index (κ3) is 1.57. The molecule has 1 aromatic heterocycles. The van der Waals surface area contributed by atoms with E-state index >= 15 is 0 Å². The maximum absolute atomic E-state index is 11.8. The number of thiophene rings is 1. The summed E-state index contributed by atoms with van der Waals surface area (Å²) in [6.45, 7) is 0. The minimum atomic E-state index is -3.94. The van der Waals surface area contributed by atoms with E-state index in [1.165, 1.54) is 6.07 Å². The Balaban J connectivity index is 2.47. The van der Waals surface area contributed by atoms with Crippen LogP contribution in [0.5, 0.6) is 0 Å². The highest BCUT2D eigenvalue weighted by molar-refractivity contribution is 7.92. The lowest BCUT2D eigenvalue weighted by Gasteiger charge is -2.12.